The zero-order valence-electron chi connectivity index (χ0n) is 18.3. The molecule has 0 spiro atoms. The van der Waals surface area contributed by atoms with Gasteiger partial charge >= 0.3 is 0 Å². The molecule has 1 aliphatic heterocycles. The van der Waals surface area contributed by atoms with Crippen molar-refractivity contribution in [2.45, 2.75) is 27.7 Å². The number of aryl methyl sites for hydroxylation is 2. The summed E-state index contributed by atoms with van der Waals surface area (Å²) >= 11 is 0.858. The van der Waals surface area contributed by atoms with Crippen LogP contribution in [0.4, 0.5) is 16.2 Å². The van der Waals surface area contributed by atoms with Crippen LogP contribution in [0.15, 0.2) is 47.4 Å². The SMILES string of the molecule is CCN(CC)c1ccc(/C=C2/SC(=O)N(CC(=O)Nc3cc(C)ccc3C)C2=O)cc1. The molecule has 1 aliphatic rings. The number of thioether (sulfide) groups is 1. The van der Waals surface area contributed by atoms with Gasteiger partial charge in [0.25, 0.3) is 11.1 Å². The molecule has 31 heavy (non-hydrogen) atoms. The molecule has 162 valence electrons. The van der Waals surface area contributed by atoms with Gasteiger partial charge in [0.15, 0.2) is 0 Å². The predicted molar refractivity (Wildman–Crippen MR) is 127 cm³/mol. The number of nitrogens with one attached hydrogen (secondary N) is 1. The van der Waals surface area contributed by atoms with E-state index in [0.29, 0.717) is 10.6 Å². The molecule has 7 heteroatoms. The summed E-state index contributed by atoms with van der Waals surface area (Å²) in [6.07, 6.45) is 1.69. The van der Waals surface area contributed by atoms with Gasteiger partial charge in [0.05, 0.1) is 4.91 Å². The maximum absolute atomic E-state index is 12.7. The Hall–Kier alpha value is -3.06. The van der Waals surface area contributed by atoms with Gasteiger partial charge in [0.1, 0.15) is 6.54 Å². The minimum atomic E-state index is -0.445. The molecule has 1 saturated heterocycles. The Kier molecular flexibility index (Phi) is 7.17. The first kappa shape index (κ1) is 22.6. The van der Waals surface area contributed by atoms with E-state index in [4.69, 9.17) is 0 Å². The van der Waals surface area contributed by atoms with Crippen LogP contribution >= 0.6 is 11.8 Å². The van der Waals surface area contributed by atoms with Gasteiger partial charge in [0, 0.05) is 24.5 Å². The van der Waals surface area contributed by atoms with E-state index in [1.807, 2.05) is 56.3 Å². The molecule has 0 saturated carbocycles. The standard InChI is InChI=1S/C24H27N3O3S/c1-5-26(6-2)19-11-9-18(10-12-19)14-21-23(29)27(24(30)31-21)15-22(28)25-20-13-16(3)7-8-17(20)4/h7-14H,5-6,15H2,1-4H3,(H,25,28)/b21-14+. The van der Waals surface area contributed by atoms with Crippen molar-refractivity contribution in [3.8, 4) is 0 Å². The van der Waals surface area contributed by atoms with Crippen LogP contribution in [0.3, 0.4) is 0 Å². The first-order valence-corrected chi connectivity index (χ1v) is 11.1. The molecule has 0 aromatic heterocycles. The zero-order chi connectivity index (χ0) is 22.5. The molecule has 0 aliphatic carbocycles. The van der Waals surface area contributed by atoms with E-state index in [9.17, 15) is 14.4 Å². The molecule has 6 nitrogen and oxygen atoms in total. The third-order valence-electron chi connectivity index (χ3n) is 5.16. The normalized spacial score (nSPS) is 15.0. The van der Waals surface area contributed by atoms with Gasteiger partial charge < -0.3 is 10.2 Å². The van der Waals surface area contributed by atoms with E-state index in [1.54, 1.807) is 6.08 Å². The second-order valence-electron chi connectivity index (χ2n) is 7.40. The largest absolute Gasteiger partial charge is 0.372 e. The summed E-state index contributed by atoms with van der Waals surface area (Å²) in [5, 5.41) is 2.36. The number of benzene rings is 2. The topological polar surface area (TPSA) is 69.7 Å². The van der Waals surface area contributed by atoms with E-state index in [2.05, 4.69) is 24.1 Å². The van der Waals surface area contributed by atoms with Crippen molar-refractivity contribution >= 4 is 46.3 Å². The number of carbonyl (C=O) groups is 3. The lowest BCUT2D eigenvalue weighted by atomic mass is 10.1. The fourth-order valence-corrected chi connectivity index (χ4v) is 4.20. The van der Waals surface area contributed by atoms with Gasteiger partial charge in [-0.15, -0.1) is 0 Å². The number of carbonyl (C=O) groups excluding carboxylic acids is 3. The predicted octanol–water partition coefficient (Wildman–Crippen LogP) is 4.82. The monoisotopic (exact) mass is 437 g/mol. The molecule has 1 N–H and O–H groups in total. The Labute approximate surface area is 187 Å². The van der Waals surface area contributed by atoms with Crippen LogP contribution in [0.2, 0.25) is 0 Å². The quantitative estimate of drug-likeness (QED) is 0.629. The van der Waals surface area contributed by atoms with Gasteiger partial charge in [-0.1, -0.05) is 24.3 Å². The third-order valence-corrected chi connectivity index (χ3v) is 6.07. The summed E-state index contributed by atoms with van der Waals surface area (Å²) in [5.74, 6) is -0.847. The van der Waals surface area contributed by atoms with Crippen LogP contribution in [-0.2, 0) is 9.59 Å². The number of rotatable bonds is 7. The number of anilines is 2. The van der Waals surface area contributed by atoms with Gasteiger partial charge in [-0.25, -0.2) is 0 Å². The third kappa shape index (κ3) is 5.35. The summed E-state index contributed by atoms with van der Waals surface area (Å²) in [4.78, 5) is 41.1. The summed E-state index contributed by atoms with van der Waals surface area (Å²) in [5.41, 5.74) is 4.56. The van der Waals surface area contributed by atoms with E-state index < -0.39 is 17.1 Å². The van der Waals surface area contributed by atoms with Gasteiger partial charge in [0.2, 0.25) is 5.91 Å². The van der Waals surface area contributed by atoms with Crippen molar-refractivity contribution in [1.82, 2.24) is 4.90 Å². The molecule has 0 atom stereocenters. The first-order chi connectivity index (χ1) is 14.8. The lowest BCUT2D eigenvalue weighted by molar-refractivity contribution is -0.127. The molecule has 0 unspecified atom stereocenters. The number of hydrogen-bond donors (Lipinski definition) is 1. The van der Waals surface area contributed by atoms with Crippen LogP contribution in [0.5, 0.6) is 0 Å². The number of hydrogen-bond acceptors (Lipinski definition) is 5. The van der Waals surface area contributed by atoms with Gasteiger partial charge in [-0.2, -0.15) is 0 Å². The Morgan fingerprint density at radius 2 is 1.74 bits per heavy atom. The minimum absolute atomic E-state index is 0.309. The van der Waals surface area contributed by atoms with Crippen molar-refractivity contribution < 1.29 is 14.4 Å². The molecule has 0 bridgehead atoms. The molecular weight excluding hydrogens is 410 g/mol. The first-order valence-electron chi connectivity index (χ1n) is 10.3. The highest BCUT2D eigenvalue weighted by molar-refractivity contribution is 8.18. The Morgan fingerprint density at radius 3 is 2.39 bits per heavy atom. The number of nitrogens with zero attached hydrogens (tertiary/aromatic N) is 2. The Balaban J connectivity index is 1.69. The van der Waals surface area contributed by atoms with Gasteiger partial charge in [-0.05, 0) is 80.4 Å². The van der Waals surface area contributed by atoms with Crippen molar-refractivity contribution in [3.05, 3.63) is 64.1 Å². The van der Waals surface area contributed by atoms with Crippen molar-refractivity contribution in [2.24, 2.45) is 0 Å². The lowest BCUT2D eigenvalue weighted by Crippen LogP contribution is -2.36. The highest BCUT2D eigenvalue weighted by Gasteiger charge is 2.36. The molecule has 2 aromatic rings. The highest BCUT2D eigenvalue weighted by atomic mass is 32.2. The van der Waals surface area contributed by atoms with Crippen molar-refractivity contribution in [1.29, 1.82) is 0 Å². The van der Waals surface area contributed by atoms with Crippen LogP contribution < -0.4 is 10.2 Å². The van der Waals surface area contributed by atoms with E-state index in [0.717, 1.165) is 52.1 Å². The van der Waals surface area contributed by atoms with Crippen LogP contribution in [-0.4, -0.2) is 41.6 Å². The second-order valence-corrected chi connectivity index (χ2v) is 8.39. The molecule has 3 rings (SSSR count). The molecule has 1 heterocycles. The molecule has 2 aromatic carbocycles. The van der Waals surface area contributed by atoms with Crippen LogP contribution in [0, 0.1) is 13.8 Å². The zero-order valence-corrected chi connectivity index (χ0v) is 19.1. The van der Waals surface area contributed by atoms with Crippen LogP contribution in [0.25, 0.3) is 6.08 Å². The second kappa shape index (κ2) is 9.83. The van der Waals surface area contributed by atoms with Crippen molar-refractivity contribution in [2.75, 3.05) is 29.9 Å². The number of imide groups is 1. The molecule has 0 radical (unpaired) electrons. The molecule has 3 amide bonds. The summed E-state index contributed by atoms with van der Waals surface area (Å²) < 4.78 is 0. The average molecular weight is 438 g/mol. The summed E-state index contributed by atoms with van der Waals surface area (Å²) in [6.45, 7) is 9.55. The van der Waals surface area contributed by atoms with E-state index >= 15 is 0 Å². The van der Waals surface area contributed by atoms with Gasteiger partial charge in [-0.3, -0.25) is 19.3 Å². The average Bonchev–Trinajstić information content (AvgIpc) is 3.00. The highest BCUT2D eigenvalue weighted by Crippen LogP contribution is 2.32. The molecule has 1 fully saturated rings. The maximum Gasteiger partial charge on any atom is 0.294 e. The summed E-state index contributed by atoms with van der Waals surface area (Å²) in [6, 6.07) is 13.6. The fourth-order valence-electron chi connectivity index (χ4n) is 3.36. The number of amides is 3. The maximum atomic E-state index is 12.7. The Morgan fingerprint density at radius 1 is 1.06 bits per heavy atom. The fraction of sp³-hybridized carbons (Fsp3) is 0.292. The summed E-state index contributed by atoms with van der Waals surface area (Å²) in [7, 11) is 0. The molecular formula is C24H27N3O3S. The van der Waals surface area contributed by atoms with E-state index in [1.165, 1.54) is 0 Å². The minimum Gasteiger partial charge on any atom is -0.372 e. The lowest BCUT2D eigenvalue weighted by Gasteiger charge is -2.20. The van der Waals surface area contributed by atoms with E-state index in [-0.39, 0.29) is 6.54 Å². The van der Waals surface area contributed by atoms with Crippen LogP contribution in [0.1, 0.15) is 30.5 Å². The Bertz CT molecular complexity index is 1030. The van der Waals surface area contributed by atoms with Crippen molar-refractivity contribution in [3.63, 3.8) is 0 Å². The smallest absolute Gasteiger partial charge is 0.294 e.